The topological polar surface area (TPSA) is 40.6 Å². The highest BCUT2D eigenvalue weighted by Crippen LogP contribution is 2.40. The number of amides is 2. The number of anilines is 3. The molecule has 1 aliphatic rings. The number of para-hydroxylation sites is 3. The molecule has 2 aromatic carbocycles. The monoisotopic (exact) mass is 448 g/mol. The molecule has 0 radical (unpaired) electrons. The molecule has 0 fully saturated rings. The highest BCUT2D eigenvalue weighted by atomic mass is 127. The lowest BCUT2D eigenvalue weighted by Gasteiger charge is -2.24. The Morgan fingerprint density at radius 1 is 0.920 bits per heavy atom. The Morgan fingerprint density at radius 2 is 1.56 bits per heavy atom. The average molecular weight is 448 g/mol. The van der Waals surface area contributed by atoms with E-state index in [-0.39, 0.29) is 11.8 Å². The Morgan fingerprint density at radius 3 is 2.28 bits per heavy atom. The predicted molar refractivity (Wildman–Crippen MR) is 110 cm³/mol. The molecular weight excluding hydrogens is 427 g/mol. The minimum absolute atomic E-state index is 0.0384. The molecule has 25 heavy (non-hydrogen) atoms. The standard InChI is InChI=1S/C20H21IN2O2/c1-22-17-11-6-7-12-18(17)23(19(24)13-3-2-8-14-21)16-10-5-4-9-15(16)20(22)25/h4-7,9-12H,2-3,8,13-14H2,1H3. The fraction of sp³-hybridized carbons (Fsp3) is 0.300. The number of carbonyl (C=O) groups excluding carboxylic acids is 2. The van der Waals surface area contributed by atoms with Gasteiger partial charge in [0, 0.05) is 13.5 Å². The van der Waals surface area contributed by atoms with Crippen molar-refractivity contribution in [1.29, 1.82) is 0 Å². The molecule has 1 heterocycles. The summed E-state index contributed by atoms with van der Waals surface area (Å²) in [6.07, 6.45) is 3.52. The minimum Gasteiger partial charge on any atom is -0.309 e. The van der Waals surface area contributed by atoms with Gasteiger partial charge >= 0.3 is 0 Å². The summed E-state index contributed by atoms with van der Waals surface area (Å²) in [5, 5.41) is 0. The van der Waals surface area contributed by atoms with Gasteiger partial charge in [-0.1, -0.05) is 53.3 Å². The number of nitrogens with zero attached hydrogens (tertiary/aromatic N) is 2. The van der Waals surface area contributed by atoms with Crippen LogP contribution in [0.5, 0.6) is 0 Å². The summed E-state index contributed by atoms with van der Waals surface area (Å²) in [7, 11) is 1.76. The minimum atomic E-state index is -0.0942. The van der Waals surface area contributed by atoms with Crippen LogP contribution in [0.15, 0.2) is 48.5 Å². The van der Waals surface area contributed by atoms with Gasteiger partial charge in [0.25, 0.3) is 5.91 Å². The maximum Gasteiger partial charge on any atom is 0.260 e. The van der Waals surface area contributed by atoms with Crippen molar-refractivity contribution < 1.29 is 9.59 Å². The normalized spacial score (nSPS) is 13.3. The third kappa shape index (κ3) is 3.56. The molecule has 0 spiro atoms. The number of fused-ring (bicyclic) bond motifs is 2. The van der Waals surface area contributed by atoms with Gasteiger partial charge in [0.1, 0.15) is 0 Å². The molecular formula is C20H21IN2O2. The number of alkyl halides is 1. The van der Waals surface area contributed by atoms with E-state index in [9.17, 15) is 9.59 Å². The maximum atomic E-state index is 13.0. The van der Waals surface area contributed by atoms with Crippen LogP contribution in [0.2, 0.25) is 0 Å². The molecule has 2 aromatic rings. The zero-order chi connectivity index (χ0) is 17.8. The van der Waals surface area contributed by atoms with E-state index < -0.39 is 0 Å². The molecule has 0 saturated carbocycles. The van der Waals surface area contributed by atoms with Crippen molar-refractivity contribution in [2.75, 3.05) is 21.3 Å². The Bertz CT molecular complexity index is 791. The van der Waals surface area contributed by atoms with E-state index in [1.807, 2.05) is 42.5 Å². The molecule has 0 atom stereocenters. The SMILES string of the molecule is CN1C(=O)c2ccccc2N(C(=O)CCCCCI)c2ccccc21. The molecule has 0 N–H and O–H groups in total. The van der Waals surface area contributed by atoms with Crippen molar-refractivity contribution in [3.05, 3.63) is 54.1 Å². The van der Waals surface area contributed by atoms with E-state index in [1.165, 1.54) is 0 Å². The van der Waals surface area contributed by atoms with Gasteiger partial charge in [-0.2, -0.15) is 0 Å². The lowest BCUT2D eigenvalue weighted by atomic mass is 10.1. The number of unbranched alkanes of at least 4 members (excludes halogenated alkanes) is 2. The Hall–Kier alpha value is -1.89. The van der Waals surface area contributed by atoms with Crippen LogP contribution < -0.4 is 9.80 Å². The molecule has 5 heteroatoms. The third-order valence-electron chi connectivity index (χ3n) is 4.44. The predicted octanol–water partition coefficient (Wildman–Crippen LogP) is 4.94. The second-order valence-corrected chi connectivity index (χ2v) is 7.18. The summed E-state index contributed by atoms with van der Waals surface area (Å²) in [6, 6.07) is 14.9. The van der Waals surface area contributed by atoms with Gasteiger partial charge < -0.3 is 4.90 Å². The van der Waals surface area contributed by atoms with Crippen molar-refractivity contribution in [2.45, 2.75) is 25.7 Å². The van der Waals surface area contributed by atoms with Crippen molar-refractivity contribution >= 4 is 51.5 Å². The first-order valence-corrected chi connectivity index (χ1v) is 10.0. The Labute approximate surface area is 162 Å². The zero-order valence-corrected chi connectivity index (χ0v) is 16.4. The molecule has 0 bridgehead atoms. The summed E-state index contributed by atoms with van der Waals surface area (Å²) in [5.41, 5.74) is 2.75. The smallest absolute Gasteiger partial charge is 0.260 e. The van der Waals surface area contributed by atoms with Gasteiger partial charge in [-0.25, -0.2) is 0 Å². The second kappa shape index (κ2) is 7.99. The van der Waals surface area contributed by atoms with Crippen LogP contribution in [0.25, 0.3) is 0 Å². The first-order chi connectivity index (χ1) is 12.1. The molecule has 0 aromatic heterocycles. The van der Waals surface area contributed by atoms with Gasteiger partial charge in [-0.15, -0.1) is 0 Å². The molecule has 0 saturated heterocycles. The third-order valence-corrected chi connectivity index (χ3v) is 5.20. The summed E-state index contributed by atoms with van der Waals surface area (Å²) >= 11 is 2.36. The number of halogens is 1. The number of hydrogen-bond donors (Lipinski definition) is 0. The highest BCUT2D eigenvalue weighted by molar-refractivity contribution is 14.1. The van der Waals surface area contributed by atoms with E-state index in [4.69, 9.17) is 0 Å². The van der Waals surface area contributed by atoms with E-state index in [0.29, 0.717) is 17.7 Å². The van der Waals surface area contributed by atoms with E-state index >= 15 is 0 Å². The van der Waals surface area contributed by atoms with Gasteiger partial charge in [0.2, 0.25) is 5.91 Å². The Balaban J connectivity index is 2.04. The Kier molecular flexibility index (Phi) is 5.73. The van der Waals surface area contributed by atoms with E-state index in [2.05, 4.69) is 22.6 Å². The van der Waals surface area contributed by atoms with Gasteiger partial charge in [-0.05, 0) is 41.5 Å². The first kappa shape index (κ1) is 17.9. The van der Waals surface area contributed by atoms with Crippen molar-refractivity contribution in [1.82, 2.24) is 0 Å². The number of benzene rings is 2. The van der Waals surface area contributed by atoms with Crippen LogP contribution in [-0.2, 0) is 4.79 Å². The molecule has 4 nitrogen and oxygen atoms in total. The van der Waals surface area contributed by atoms with E-state index in [1.54, 1.807) is 22.9 Å². The molecule has 1 aliphatic heterocycles. The lowest BCUT2D eigenvalue weighted by molar-refractivity contribution is -0.118. The first-order valence-electron chi connectivity index (χ1n) is 8.50. The van der Waals surface area contributed by atoms with Crippen molar-refractivity contribution in [3.8, 4) is 0 Å². The number of rotatable bonds is 5. The fourth-order valence-corrected chi connectivity index (χ4v) is 3.67. The summed E-state index contributed by atoms with van der Waals surface area (Å²) in [6.45, 7) is 0. The second-order valence-electron chi connectivity index (χ2n) is 6.10. The van der Waals surface area contributed by atoms with E-state index in [0.717, 1.165) is 35.1 Å². The van der Waals surface area contributed by atoms with Gasteiger partial charge in [0.15, 0.2) is 0 Å². The summed E-state index contributed by atoms with van der Waals surface area (Å²) in [5.74, 6) is -0.0558. The van der Waals surface area contributed by atoms with Crippen LogP contribution in [0.3, 0.4) is 0 Å². The largest absolute Gasteiger partial charge is 0.309 e. The van der Waals surface area contributed by atoms with Crippen LogP contribution >= 0.6 is 22.6 Å². The molecule has 130 valence electrons. The van der Waals surface area contributed by atoms with Crippen molar-refractivity contribution in [3.63, 3.8) is 0 Å². The van der Waals surface area contributed by atoms with Crippen LogP contribution in [0.4, 0.5) is 17.1 Å². The lowest BCUT2D eigenvalue weighted by Crippen LogP contribution is -2.26. The van der Waals surface area contributed by atoms with Crippen molar-refractivity contribution in [2.24, 2.45) is 0 Å². The number of hydrogen-bond acceptors (Lipinski definition) is 2. The molecule has 2 amide bonds. The molecule has 0 unspecified atom stereocenters. The zero-order valence-electron chi connectivity index (χ0n) is 14.2. The quantitative estimate of drug-likeness (QED) is 0.370. The fourth-order valence-electron chi connectivity index (χ4n) is 3.13. The average Bonchev–Trinajstić information content (AvgIpc) is 2.73. The maximum absolute atomic E-state index is 13.0. The van der Waals surface area contributed by atoms with Gasteiger partial charge in [-0.3, -0.25) is 14.5 Å². The molecule has 3 rings (SSSR count). The highest BCUT2D eigenvalue weighted by Gasteiger charge is 2.31. The summed E-state index contributed by atoms with van der Waals surface area (Å²) < 4.78 is 1.11. The van der Waals surface area contributed by atoms with Crippen LogP contribution in [0, 0.1) is 0 Å². The van der Waals surface area contributed by atoms with Crippen LogP contribution in [0.1, 0.15) is 36.0 Å². The van der Waals surface area contributed by atoms with Crippen LogP contribution in [-0.4, -0.2) is 23.3 Å². The number of carbonyl (C=O) groups is 2. The summed E-state index contributed by atoms with van der Waals surface area (Å²) in [4.78, 5) is 29.2. The van der Waals surface area contributed by atoms with Gasteiger partial charge in [0.05, 0.1) is 22.6 Å². The molecule has 0 aliphatic carbocycles.